The third kappa shape index (κ3) is 38.5. The van der Waals surface area contributed by atoms with Gasteiger partial charge in [-0.25, -0.2) is 36.3 Å². The second-order valence-corrected chi connectivity index (χ2v) is 25.8. The molecule has 0 fully saturated rings. The number of fused-ring (bicyclic) bond motifs is 1. The predicted molar refractivity (Wildman–Crippen MR) is 377 cm³/mol. The topological polar surface area (TPSA) is 94.0 Å². The van der Waals surface area contributed by atoms with Gasteiger partial charge >= 0.3 is 6.18 Å². The Morgan fingerprint density at radius 1 is 0.423 bits per heavy atom. The van der Waals surface area contributed by atoms with Crippen LogP contribution >= 0.6 is 7.14 Å². The van der Waals surface area contributed by atoms with Crippen molar-refractivity contribution >= 4 is 12.4 Å². The van der Waals surface area contributed by atoms with Gasteiger partial charge in [-0.3, -0.25) is 19.9 Å². The van der Waals surface area contributed by atoms with Crippen molar-refractivity contribution in [3.63, 3.8) is 0 Å². The average molecular weight is 1360 g/mol. The van der Waals surface area contributed by atoms with Crippen LogP contribution in [0, 0.1) is 118 Å². The molecule has 0 spiro atoms. The molecule has 0 saturated heterocycles. The van der Waals surface area contributed by atoms with Crippen LogP contribution in [0.4, 0.5) is 39.5 Å². The van der Waals surface area contributed by atoms with Crippen LogP contribution in [0.25, 0.3) is 0 Å². The van der Waals surface area contributed by atoms with Crippen LogP contribution in [0.15, 0.2) is 238 Å². The minimum atomic E-state index is -4.22. The zero-order valence-electron chi connectivity index (χ0n) is 57.8. The zero-order chi connectivity index (χ0) is 72.5. The highest BCUT2D eigenvalue weighted by atomic mass is 31.2. The van der Waals surface area contributed by atoms with Gasteiger partial charge < -0.3 is 9.30 Å². The van der Waals surface area contributed by atoms with Gasteiger partial charge in [-0.05, 0) is 234 Å². The first-order valence-electron chi connectivity index (χ1n) is 30.5. The van der Waals surface area contributed by atoms with Gasteiger partial charge in [0.1, 0.15) is 60.3 Å². The fourth-order valence-corrected chi connectivity index (χ4v) is 8.20. The van der Waals surface area contributed by atoms with E-state index in [1.807, 2.05) is 140 Å². The van der Waals surface area contributed by atoms with E-state index in [4.69, 9.17) is 4.74 Å². The molecule has 1 aliphatic rings. The molecular weight excluding hydrogens is 1270 g/mol. The molecule has 0 atom stereocenters. The molecule has 0 unspecified atom stereocenters. The van der Waals surface area contributed by atoms with Crippen LogP contribution in [-0.4, -0.2) is 56.9 Å². The Labute approximate surface area is 567 Å². The Morgan fingerprint density at radius 2 is 0.928 bits per heavy atom. The number of alkyl halides is 3. The normalized spacial score (nSPS) is 10.7. The number of ether oxygens (including phenoxy) is 1. The molecule has 1 aliphatic heterocycles. The van der Waals surface area contributed by atoms with Gasteiger partial charge in [0.2, 0.25) is 0 Å². The fraction of sp³-hybridized carbons (Fsp3) is 0.228. The maximum absolute atomic E-state index is 12.6. The van der Waals surface area contributed by atoms with E-state index in [0.717, 1.165) is 64.0 Å². The summed E-state index contributed by atoms with van der Waals surface area (Å²) in [5, 5.41) is 0.931. The van der Waals surface area contributed by atoms with Crippen LogP contribution in [0.3, 0.4) is 0 Å². The average Bonchev–Trinajstić information content (AvgIpc) is 0.904. The second kappa shape index (κ2) is 45.0. The zero-order valence-corrected chi connectivity index (χ0v) is 58.7. The summed E-state index contributed by atoms with van der Waals surface area (Å²) >= 11 is 0. The van der Waals surface area contributed by atoms with E-state index in [9.17, 15) is 44.1 Å². The highest BCUT2D eigenvalue weighted by Crippen LogP contribution is 2.37. The summed E-state index contributed by atoms with van der Waals surface area (Å²) in [6, 6.07) is 54.6. The van der Waals surface area contributed by atoms with Gasteiger partial charge in [0, 0.05) is 78.1 Å². The minimum Gasteiger partial charge on any atom is -0.478 e. The van der Waals surface area contributed by atoms with E-state index >= 15 is 0 Å². The number of nitrogens with zero attached hydrogens (tertiary/aromatic N) is 6. The molecule has 18 heteroatoms. The predicted octanol–water partition coefficient (Wildman–Crippen LogP) is 21.1. The largest absolute Gasteiger partial charge is 0.478 e. The lowest BCUT2D eigenvalue weighted by Crippen LogP contribution is -2.28. The molecule has 0 radical (unpaired) electrons. The van der Waals surface area contributed by atoms with Crippen LogP contribution in [0.2, 0.25) is 0 Å². The summed E-state index contributed by atoms with van der Waals surface area (Å²) in [5.41, 5.74) is 9.97. The Kier molecular flexibility index (Phi) is 38.7. The first-order chi connectivity index (χ1) is 45.7. The molecule has 0 bridgehead atoms. The summed E-state index contributed by atoms with van der Waals surface area (Å²) in [6.07, 6.45) is 8.20. The van der Waals surface area contributed by atoms with Crippen molar-refractivity contribution in [2.75, 3.05) is 27.1 Å². The monoisotopic (exact) mass is 1350 g/mol. The number of benzene rings is 7. The van der Waals surface area contributed by atoms with E-state index in [0.29, 0.717) is 29.0 Å². The van der Waals surface area contributed by atoms with Crippen molar-refractivity contribution in [2.45, 2.75) is 95.8 Å². The Balaban J connectivity index is 0.000000366. The van der Waals surface area contributed by atoms with Crippen molar-refractivity contribution in [1.29, 1.82) is 0 Å². The van der Waals surface area contributed by atoms with E-state index in [-0.39, 0.29) is 17.2 Å². The molecule has 97 heavy (non-hydrogen) atoms. The molecule has 4 aromatic heterocycles. The van der Waals surface area contributed by atoms with Gasteiger partial charge in [0.25, 0.3) is 0 Å². The smallest absolute Gasteiger partial charge is 0.416 e. The SMILES string of the molecule is CN1COc2ccc(P(C)(C)=O)cc2C1.Cc1cc(F)c(C)c(F)c1.Cc1ccc(C)c(F)c1.Cc1ccc(F)cc1.Cc1ccc(F)cc1F.Cc1cccc(C(F)(F)F)c1.Cc1ccccc1.Cc1ccccn1.Cc1cccnc1.Cc1ccncc1.Cc1ncccn1. The van der Waals surface area contributed by atoms with E-state index in [1.165, 1.54) is 72.1 Å². The van der Waals surface area contributed by atoms with Crippen molar-refractivity contribution in [1.82, 2.24) is 29.8 Å². The second-order valence-electron chi connectivity index (χ2n) is 22.6. The summed E-state index contributed by atoms with van der Waals surface area (Å²) < 4.78 is 128. The van der Waals surface area contributed by atoms with Crippen LogP contribution < -0.4 is 10.0 Å². The Bertz CT molecular complexity index is 3690. The number of hydrogen-bond donors (Lipinski definition) is 0. The van der Waals surface area contributed by atoms with Crippen LogP contribution in [0.5, 0.6) is 5.75 Å². The standard InChI is InChI=1S/C11H16NO2P.C8H7F3.C8H8F2.C8H9F.C7H6F2.C7H7F.C7H8.3C6H7N.C5H6N2/c1-12-7-9-6-10(15(2,3)13)4-5-11(9)14-8-12;1-6-3-2-4-7(5-6)8(9,10)11;1-5-3-7(9)6(2)8(10)4-5;1-6-3-4-7(2)8(9)5-6;1-5-2-3-6(8)4-7(5)9;1-6-2-4-7(8)5-3-6;1-7-5-3-2-4-6-7;1-6-2-4-7-5-3-6;1-6-3-2-4-7-5-6;1-6-4-2-3-5-7-6;1-5-6-3-2-4-7-5/h4-6H,7-8H2,1-3H3;2-5H,1H3;3-4H,1-2H3;3-5H,1-2H3;2-4H,1H3;2-5H,1H3;2-6H,1H3;3*2-5H,1H3;2-4H,1H3. The van der Waals surface area contributed by atoms with Crippen molar-refractivity contribution in [2.24, 2.45) is 0 Å². The van der Waals surface area contributed by atoms with E-state index in [2.05, 4.69) is 48.9 Å². The molecule has 0 aliphatic carbocycles. The first kappa shape index (κ1) is 83.5. The van der Waals surface area contributed by atoms with E-state index < -0.39 is 42.2 Å². The van der Waals surface area contributed by atoms with Crippen molar-refractivity contribution in [3.05, 3.63) is 351 Å². The quantitative estimate of drug-likeness (QED) is 0.119. The number of rotatable bonds is 1. The van der Waals surface area contributed by atoms with Gasteiger partial charge in [0.15, 0.2) is 0 Å². The lowest BCUT2D eigenvalue weighted by atomic mass is 10.1. The minimum absolute atomic E-state index is 0.0885. The Hall–Kier alpha value is -9.57. The maximum Gasteiger partial charge on any atom is 0.416 e. The van der Waals surface area contributed by atoms with Crippen molar-refractivity contribution < 1.29 is 48.8 Å². The van der Waals surface area contributed by atoms with Crippen molar-refractivity contribution in [3.8, 4) is 5.75 Å². The highest BCUT2D eigenvalue weighted by molar-refractivity contribution is 7.70. The lowest BCUT2D eigenvalue weighted by molar-refractivity contribution is -0.137. The van der Waals surface area contributed by atoms with Gasteiger partial charge in [-0.15, -0.1) is 0 Å². The first-order valence-corrected chi connectivity index (χ1v) is 33.1. The molecule has 5 heterocycles. The molecule has 0 N–H and O–H groups in total. The van der Waals surface area contributed by atoms with Crippen LogP contribution in [-0.2, 0) is 17.3 Å². The summed E-state index contributed by atoms with van der Waals surface area (Å²) in [5.74, 6) is -0.512. The number of pyridine rings is 3. The fourth-order valence-electron chi connectivity index (χ4n) is 7.30. The molecule has 7 aromatic carbocycles. The highest BCUT2D eigenvalue weighted by Gasteiger charge is 2.30. The third-order valence-electron chi connectivity index (χ3n) is 12.9. The summed E-state index contributed by atoms with van der Waals surface area (Å²) in [6.45, 7) is 26.9. The van der Waals surface area contributed by atoms with Gasteiger partial charge in [-0.1, -0.05) is 108 Å². The lowest BCUT2D eigenvalue weighted by Gasteiger charge is -2.26. The molecule has 12 rings (SSSR count). The molecule has 11 aromatic rings. The molecule has 0 amide bonds. The van der Waals surface area contributed by atoms with Crippen LogP contribution in [0.1, 0.15) is 78.3 Å². The third-order valence-corrected chi connectivity index (χ3v) is 14.4. The number of aryl methyl sites for hydroxylation is 11. The van der Waals surface area contributed by atoms with Gasteiger partial charge in [-0.2, -0.15) is 13.2 Å². The molecular formula is C79H88F9N6O2P. The molecule has 514 valence electrons. The number of halogens is 9. The maximum atomic E-state index is 12.6. The number of hydrogen-bond acceptors (Lipinski definition) is 8. The van der Waals surface area contributed by atoms with Gasteiger partial charge in [0.05, 0.1) is 5.56 Å². The Morgan fingerprint density at radius 3 is 1.32 bits per heavy atom. The summed E-state index contributed by atoms with van der Waals surface area (Å²) in [7, 11) is -0.151. The number of aromatic nitrogens is 5. The van der Waals surface area contributed by atoms with E-state index in [1.54, 1.807) is 109 Å². The molecule has 8 nitrogen and oxygen atoms in total. The summed E-state index contributed by atoms with van der Waals surface area (Å²) in [4.78, 5) is 21.5. The molecule has 0 saturated carbocycles.